The van der Waals surface area contributed by atoms with Crippen molar-refractivity contribution in [2.45, 2.75) is 6.92 Å². The van der Waals surface area contributed by atoms with Crippen LogP contribution in [-0.2, 0) is 0 Å². The highest BCUT2D eigenvalue weighted by molar-refractivity contribution is 9.10. The highest BCUT2D eigenvalue weighted by Gasteiger charge is 2.02. The zero-order valence-corrected chi connectivity index (χ0v) is 7.64. The highest BCUT2D eigenvalue weighted by Crippen LogP contribution is 2.24. The Hall–Kier alpha value is -1.01. The number of nitrogens with zero attached hydrogens (tertiary/aromatic N) is 1. The second-order valence-corrected chi connectivity index (χ2v) is 3.12. The topological polar surface area (TPSA) is 49.8 Å². The number of nitriles is 1. The van der Waals surface area contributed by atoms with Crippen LogP contribution in [0.4, 0.5) is 5.69 Å². The molecule has 1 aromatic carbocycles. The molecule has 0 atom stereocenters. The van der Waals surface area contributed by atoms with Crippen molar-refractivity contribution in [2.24, 2.45) is 0 Å². The fraction of sp³-hybridized carbons (Fsp3) is 0.125. The SMILES string of the molecule is Cc1cc(N)c(Br)c(C#N)c1. The highest BCUT2D eigenvalue weighted by atomic mass is 79.9. The minimum absolute atomic E-state index is 0.586. The molecule has 2 nitrogen and oxygen atoms in total. The van der Waals surface area contributed by atoms with E-state index in [1.54, 1.807) is 6.07 Å². The minimum atomic E-state index is 0.586. The number of benzene rings is 1. The maximum atomic E-state index is 8.63. The molecular weight excluding hydrogens is 204 g/mol. The second-order valence-electron chi connectivity index (χ2n) is 2.33. The van der Waals surface area contributed by atoms with E-state index >= 15 is 0 Å². The standard InChI is InChI=1S/C8H7BrN2/c1-5-2-6(4-10)8(9)7(11)3-5/h2-3H,11H2,1H3. The molecule has 0 spiro atoms. The van der Waals surface area contributed by atoms with E-state index < -0.39 is 0 Å². The molecule has 0 unspecified atom stereocenters. The molecule has 56 valence electrons. The molecule has 0 bridgehead atoms. The van der Waals surface area contributed by atoms with Gasteiger partial charge in [-0.15, -0.1) is 0 Å². The van der Waals surface area contributed by atoms with Gasteiger partial charge in [-0.1, -0.05) is 0 Å². The predicted molar refractivity (Wildman–Crippen MR) is 48.0 cm³/mol. The summed E-state index contributed by atoms with van der Waals surface area (Å²) in [7, 11) is 0. The van der Waals surface area contributed by atoms with E-state index in [1.165, 1.54) is 0 Å². The van der Waals surface area contributed by atoms with Crippen LogP contribution in [0.3, 0.4) is 0 Å². The van der Waals surface area contributed by atoms with Crippen LogP contribution in [0.2, 0.25) is 0 Å². The molecule has 1 aromatic rings. The number of hydrogen-bond donors (Lipinski definition) is 1. The Morgan fingerprint density at radius 1 is 1.55 bits per heavy atom. The summed E-state index contributed by atoms with van der Waals surface area (Å²) in [5.74, 6) is 0. The van der Waals surface area contributed by atoms with Gasteiger partial charge in [0.05, 0.1) is 10.0 Å². The van der Waals surface area contributed by atoms with Gasteiger partial charge in [0, 0.05) is 5.69 Å². The Balaban J connectivity index is 3.39. The molecule has 2 N–H and O–H groups in total. The average molecular weight is 211 g/mol. The molecule has 0 amide bonds. The molecule has 0 saturated heterocycles. The summed E-state index contributed by atoms with van der Waals surface area (Å²) in [4.78, 5) is 0. The Morgan fingerprint density at radius 3 is 2.73 bits per heavy atom. The molecule has 0 fully saturated rings. The first-order valence-corrected chi connectivity index (χ1v) is 3.90. The van der Waals surface area contributed by atoms with Crippen LogP contribution in [-0.4, -0.2) is 0 Å². The third-order valence-corrected chi connectivity index (χ3v) is 2.25. The summed E-state index contributed by atoms with van der Waals surface area (Å²) in [6, 6.07) is 5.67. The summed E-state index contributed by atoms with van der Waals surface area (Å²) in [6.45, 7) is 1.91. The van der Waals surface area contributed by atoms with Crippen molar-refractivity contribution in [3.05, 3.63) is 27.7 Å². The summed E-state index contributed by atoms with van der Waals surface area (Å²) in [6.07, 6.45) is 0. The van der Waals surface area contributed by atoms with Gasteiger partial charge in [-0.25, -0.2) is 0 Å². The molecule has 0 heterocycles. The van der Waals surface area contributed by atoms with Crippen LogP contribution < -0.4 is 5.73 Å². The molecular formula is C8H7BrN2. The van der Waals surface area contributed by atoms with Crippen molar-refractivity contribution in [1.29, 1.82) is 5.26 Å². The molecule has 0 radical (unpaired) electrons. The molecule has 3 heteroatoms. The summed E-state index contributed by atoms with van der Waals surface area (Å²) in [5, 5.41) is 8.63. The summed E-state index contributed by atoms with van der Waals surface area (Å²) in [5.41, 5.74) is 7.80. The van der Waals surface area contributed by atoms with Crippen molar-refractivity contribution in [3.63, 3.8) is 0 Å². The van der Waals surface area contributed by atoms with Crippen LogP contribution in [0.1, 0.15) is 11.1 Å². The van der Waals surface area contributed by atoms with Crippen molar-refractivity contribution < 1.29 is 0 Å². The molecule has 11 heavy (non-hydrogen) atoms. The molecule has 0 aliphatic carbocycles. The van der Waals surface area contributed by atoms with Gasteiger partial charge in [-0.05, 0) is 40.5 Å². The molecule has 0 saturated carbocycles. The van der Waals surface area contributed by atoms with Gasteiger partial charge in [-0.2, -0.15) is 5.26 Å². The first-order valence-electron chi connectivity index (χ1n) is 3.11. The van der Waals surface area contributed by atoms with Gasteiger partial charge >= 0.3 is 0 Å². The van der Waals surface area contributed by atoms with E-state index in [0.717, 1.165) is 5.56 Å². The van der Waals surface area contributed by atoms with Crippen LogP contribution in [0.25, 0.3) is 0 Å². The Kier molecular flexibility index (Phi) is 2.16. The van der Waals surface area contributed by atoms with Crippen LogP contribution in [0.15, 0.2) is 16.6 Å². The van der Waals surface area contributed by atoms with E-state index in [9.17, 15) is 0 Å². The molecule has 0 aliphatic heterocycles. The zero-order valence-electron chi connectivity index (χ0n) is 6.06. The molecule has 0 aliphatic rings. The Labute approximate surface area is 73.8 Å². The predicted octanol–water partition coefficient (Wildman–Crippen LogP) is 2.21. The van der Waals surface area contributed by atoms with E-state index in [4.69, 9.17) is 11.0 Å². The number of nitrogen functional groups attached to an aromatic ring is 1. The first kappa shape index (κ1) is 8.09. The normalized spacial score (nSPS) is 9.18. The number of anilines is 1. The minimum Gasteiger partial charge on any atom is -0.398 e. The smallest absolute Gasteiger partial charge is 0.100 e. The third kappa shape index (κ3) is 1.52. The van der Waals surface area contributed by atoms with E-state index in [0.29, 0.717) is 15.7 Å². The van der Waals surface area contributed by atoms with Crippen molar-refractivity contribution in [2.75, 3.05) is 5.73 Å². The van der Waals surface area contributed by atoms with Crippen molar-refractivity contribution in [1.82, 2.24) is 0 Å². The maximum Gasteiger partial charge on any atom is 0.100 e. The fourth-order valence-electron chi connectivity index (χ4n) is 0.878. The lowest BCUT2D eigenvalue weighted by atomic mass is 10.1. The molecule has 1 rings (SSSR count). The van der Waals surface area contributed by atoms with Crippen LogP contribution in [0, 0.1) is 18.3 Å². The number of halogens is 1. The van der Waals surface area contributed by atoms with E-state index in [1.807, 2.05) is 13.0 Å². The Morgan fingerprint density at radius 2 is 2.18 bits per heavy atom. The summed E-state index contributed by atoms with van der Waals surface area (Å²) < 4.78 is 0.686. The number of nitrogens with two attached hydrogens (primary N) is 1. The second kappa shape index (κ2) is 2.93. The van der Waals surface area contributed by atoms with Gasteiger partial charge in [0.25, 0.3) is 0 Å². The monoisotopic (exact) mass is 210 g/mol. The van der Waals surface area contributed by atoms with Gasteiger partial charge in [0.1, 0.15) is 6.07 Å². The number of hydrogen-bond acceptors (Lipinski definition) is 2. The van der Waals surface area contributed by atoms with Crippen LogP contribution >= 0.6 is 15.9 Å². The van der Waals surface area contributed by atoms with Gasteiger partial charge < -0.3 is 5.73 Å². The number of aryl methyl sites for hydroxylation is 1. The lowest BCUT2D eigenvalue weighted by molar-refractivity contribution is 1.40. The van der Waals surface area contributed by atoms with E-state index in [-0.39, 0.29) is 0 Å². The fourth-order valence-corrected chi connectivity index (χ4v) is 1.20. The van der Waals surface area contributed by atoms with Crippen molar-refractivity contribution >= 4 is 21.6 Å². The van der Waals surface area contributed by atoms with Gasteiger partial charge in [-0.3, -0.25) is 0 Å². The number of rotatable bonds is 0. The van der Waals surface area contributed by atoms with Crippen molar-refractivity contribution in [3.8, 4) is 6.07 Å². The average Bonchev–Trinajstić information content (AvgIpc) is 1.96. The Bertz CT molecular complexity index is 326. The zero-order chi connectivity index (χ0) is 8.43. The lowest BCUT2D eigenvalue weighted by Crippen LogP contribution is -1.90. The largest absolute Gasteiger partial charge is 0.398 e. The molecule has 0 aromatic heterocycles. The van der Waals surface area contributed by atoms with Crippen LogP contribution in [0.5, 0.6) is 0 Å². The maximum absolute atomic E-state index is 8.63. The lowest BCUT2D eigenvalue weighted by Gasteiger charge is -2.01. The summed E-state index contributed by atoms with van der Waals surface area (Å²) >= 11 is 3.23. The van der Waals surface area contributed by atoms with Gasteiger partial charge in [0.2, 0.25) is 0 Å². The van der Waals surface area contributed by atoms with E-state index in [2.05, 4.69) is 22.0 Å². The van der Waals surface area contributed by atoms with Gasteiger partial charge in [0.15, 0.2) is 0 Å². The first-order chi connectivity index (χ1) is 5.15. The third-order valence-electron chi connectivity index (χ3n) is 1.37. The quantitative estimate of drug-likeness (QED) is 0.668.